The van der Waals surface area contributed by atoms with Crippen LogP contribution in [0.2, 0.25) is 0 Å². The zero-order valence-corrected chi connectivity index (χ0v) is 15.3. The average molecular weight is 362 g/mol. The van der Waals surface area contributed by atoms with E-state index in [4.69, 9.17) is 4.74 Å². The van der Waals surface area contributed by atoms with Crippen molar-refractivity contribution < 1.29 is 17.9 Å². The van der Waals surface area contributed by atoms with Crippen molar-refractivity contribution in [1.29, 1.82) is 0 Å². The highest BCUT2D eigenvalue weighted by Gasteiger charge is 2.17. The van der Waals surface area contributed by atoms with E-state index in [1.165, 1.54) is 7.11 Å². The molecule has 0 fully saturated rings. The highest BCUT2D eigenvalue weighted by atomic mass is 32.2. The van der Waals surface area contributed by atoms with Crippen molar-refractivity contribution in [3.8, 4) is 5.75 Å². The summed E-state index contributed by atoms with van der Waals surface area (Å²) in [7, 11) is -2.13. The zero-order valence-electron chi connectivity index (χ0n) is 14.5. The lowest BCUT2D eigenvalue weighted by atomic mass is 10.2. The molecule has 0 unspecified atom stereocenters. The Kier molecular flexibility index (Phi) is 6.17. The number of rotatable bonds is 7. The van der Waals surface area contributed by atoms with Gasteiger partial charge in [0, 0.05) is 13.0 Å². The molecule has 7 heteroatoms. The fourth-order valence-electron chi connectivity index (χ4n) is 2.44. The fourth-order valence-corrected chi connectivity index (χ4v) is 3.69. The highest BCUT2D eigenvalue weighted by Crippen LogP contribution is 2.23. The van der Waals surface area contributed by atoms with Gasteiger partial charge in [0.05, 0.1) is 17.7 Å². The van der Waals surface area contributed by atoms with Crippen LogP contribution in [0.4, 0.5) is 5.69 Å². The minimum atomic E-state index is -3.64. The number of methoxy groups -OCH3 is 1. The molecule has 6 nitrogen and oxygen atoms in total. The molecule has 2 rings (SSSR count). The van der Waals surface area contributed by atoms with Crippen LogP contribution >= 0.6 is 0 Å². The summed E-state index contributed by atoms with van der Waals surface area (Å²) >= 11 is 0. The van der Waals surface area contributed by atoms with E-state index in [1.54, 1.807) is 43.3 Å². The van der Waals surface area contributed by atoms with Crippen LogP contribution in [0.3, 0.4) is 0 Å². The van der Waals surface area contributed by atoms with Gasteiger partial charge in [0.1, 0.15) is 5.75 Å². The van der Waals surface area contributed by atoms with Gasteiger partial charge >= 0.3 is 0 Å². The number of anilines is 1. The molecule has 0 aliphatic rings. The highest BCUT2D eigenvalue weighted by molar-refractivity contribution is 7.89. The number of para-hydroxylation sites is 2. The van der Waals surface area contributed by atoms with E-state index < -0.39 is 10.0 Å². The maximum absolute atomic E-state index is 12.3. The van der Waals surface area contributed by atoms with Gasteiger partial charge in [-0.2, -0.15) is 0 Å². The molecule has 0 heterocycles. The second-order valence-electron chi connectivity index (χ2n) is 5.67. The Labute approximate surface area is 148 Å². The third-order valence-electron chi connectivity index (χ3n) is 3.65. The quantitative estimate of drug-likeness (QED) is 0.793. The minimum absolute atomic E-state index is 0.0105. The Balaban J connectivity index is 1.94. The van der Waals surface area contributed by atoms with Crippen molar-refractivity contribution in [2.45, 2.75) is 25.2 Å². The van der Waals surface area contributed by atoms with Gasteiger partial charge in [0.15, 0.2) is 0 Å². The summed E-state index contributed by atoms with van der Waals surface area (Å²) < 4.78 is 32.3. The smallest absolute Gasteiger partial charge is 0.240 e. The van der Waals surface area contributed by atoms with E-state index >= 15 is 0 Å². The van der Waals surface area contributed by atoms with Crippen molar-refractivity contribution in [2.75, 3.05) is 19.0 Å². The summed E-state index contributed by atoms with van der Waals surface area (Å²) in [6.07, 6.45) is 0.0161. The van der Waals surface area contributed by atoms with Crippen LogP contribution < -0.4 is 14.8 Å². The van der Waals surface area contributed by atoms with E-state index in [0.717, 1.165) is 5.56 Å². The molecule has 0 spiro atoms. The van der Waals surface area contributed by atoms with Crippen LogP contribution in [-0.2, 0) is 14.8 Å². The first-order chi connectivity index (χ1) is 11.8. The molecule has 0 radical (unpaired) electrons. The molecule has 2 N–H and O–H groups in total. The number of ether oxygens (including phenoxy) is 1. The molecule has 0 saturated heterocycles. The molecule has 134 valence electrons. The third-order valence-corrected chi connectivity index (χ3v) is 5.27. The van der Waals surface area contributed by atoms with E-state index in [9.17, 15) is 13.2 Å². The summed E-state index contributed by atoms with van der Waals surface area (Å²) in [5.41, 5.74) is 2.21. The van der Waals surface area contributed by atoms with Crippen LogP contribution in [0.25, 0.3) is 0 Å². The van der Waals surface area contributed by atoms with Crippen molar-refractivity contribution in [3.05, 3.63) is 53.6 Å². The van der Waals surface area contributed by atoms with Crippen LogP contribution in [0.5, 0.6) is 5.75 Å². The number of benzene rings is 2. The largest absolute Gasteiger partial charge is 0.495 e. The second kappa shape index (κ2) is 8.13. The van der Waals surface area contributed by atoms with Crippen molar-refractivity contribution >= 4 is 21.6 Å². The molecule has 0 bridgehead atoms. The number of carbonyl (C=O) groups is 1. The lowest BCUT2D eigenvalue weighted by Crippen LogP contribution is -2.28. The standard InChI is InChI=1S/C18H22N2O4S/c1-13-8-9-17(14(2)12-13)25(22,23)19-11-10-18(21)20-15-6-4-5-7-16(15)24-3/h4-9,12,19H,10-11H2,1-3H3,(H,20,21). The molecule has 0 atom stereocenters. The Morgan fingerprint density at radius 1 is 1.12 bits per heavy atom. The third kappa shape index (κ3) is 5.04. The van der Waals surface area contributed by atoms with E-state index in [1.807, 2.05) is 13.0 Å². The maximum atomic E-state index is 12.3. The van der Waals surface area contributed by atoms with E-state index in [-0.39, 0.29) is 23.8 Å². The van der Waals surface area contributed by atoms with Gasteiger partial charge < -0.3 is 10.1 Å². The molecule has 25 heavy (non-hydrogen) atoms. The number of hydrogen-bond donors (Lipinski definition) is 2. The Hall–Kier alpha value is -2.38. The monoisotopic (exact) mass is 362 g/mol. The first-order valence-electron chi connectivity index (χ1n) is 7.83. The minimum Gasteiger partial charge on any atom is -0.495 e. The van der Waals surface area contributed by atoms with Crippen molar-refractivity contribution in [2.24, 2.45) is 0 Å². The van der Waals surface area contributed by atoms with Crippen LogP contribution in [0, 0.1) is 13.8 Å². The number of amides is 1. The number of carbonyl (C=O) groups excluding carboxylic acids is 1. The van der Waals surface area contributed by atoms with Gasteiger partial charge in [-0.25, -0.2) is 13.1 Å². The van der Waals surface area contributed by atoms with Gasteiger partial charge in [-0.05, 0) is 37.6 Å². The number of nitrogens with one attached hydrogen (secondary N) is 2. The molecule has 0 saturated carbocycles. The predicted molar refractivity (Wildman–Crippen MR) is 97.3 cm³/mol. The van der Waals surface area contributed by atoms with Crippen molar-refractivity contribution in [1.82, 2.24) is 4.72 Å². The van der Waals surface area contributed by atoms with Crippen LogP contribution in [0.1, 0.15) is 17.5 Å². The van der Waals surface area contributed by atoms with Gasteiger partial charge in [-0.1, -0.05) is 29.8 Å². The lowest BCUT2D eigenvalue weighted by molar-refractivity contribution is -0.116. The summed E-state index contributed by atoms with van der Waals surface area (Å²) in [4.78, 5) is 12.2. The molecule has 0 aliphatic carbocycles. The van der Waals surface area contributed by atoms with Gasteiger partial charge in [0.25, 0.3) is 0 Å². The molecule has 1 amide bonds. The zero-order chi connectivity index (χ0) is 18.4. The molecule has 0 aromatic heterocycles. The van der Waals surface area contributed by atoms with Crippen molar-refractivity contribution in [3.63, 3.8) is 0 Å². The first kappa shape index (κ1) is 19.0. The normalized spacial score (nSPS) is 11.2. The second-order valence-corrected chi connectivity index (χ2v) is 7.40. The van der Waals surface area contributed by atoms with Gasteiger partial charge in [0.2, 0.25) is 15.9 Å². The molecule has 2 aromatic carbocycles. The molecular weight excluding hydrogens is 340 g/mol. The number of hydrogen-bond acceptors (Lipinski definition) is 4. The van der Waals surface area contributed by atoms with Gasteiger partial charge in [-0.3, -0.25) is 4.79 Å². The summed E-state index contributed by atoms with van der Waals surface area (Å²) in [6, 6.07) is 12.2. The number of aryl methyl sites for hydroxylation is 2. The van der Waals surface area contributed by atoms with Gasteiger partial charge in [-0.15, -0.1) is 0 Å². The molecular formula is C18H22N2O4S. The fraction of sp³-hybridized carbons (Fsp3) is 0.278. The van der Waals surface area contributed by atoms with E-state index in [0.29, 0.717) is 17.0 Å². The Morgan fingerprint density at radius 2 is 1.84 bits per heavy atom. The molecule has 2 aromatic rings. The lowest BCUT2D eigenvalue weighted by Gasteiger charge is -2.11. The first-order valence-corrected chi connectivity index (χ1v) is 9.31. The Bertz CT molecular complexity index is 863. The Morgan fingerprint density at radius 3 is 2.52 bits per heavy atom. The number of sulfonamides is 1. The summed E-state index contributed by atoms with van der Waals surface area (Å²) in [6.45, 7) is 3.66. The molecule has 0 aliphatic heterocycles. The summed E-state index contributed by atoms with van der Waals surface area (Å²) in [5, 5.41) is 2.71. The predicted octanol–water partition coefficient (Wildman–Crippen LogP) is 2.62. The maximum Gasteiger partial charge on any atom is 0.240 e. The van der Waals surface area contributed by atoms with E-state index in [2.05, 4.69) is 10.0 Å². The van der Waals surface area contributed by atoms with Crippen LogP contribution in [-0.4, -0.2) is 28.0 Å². The summed E-state index contributed by atoms with van der Waals surface area (Å²) in [5.74, 6) is 0.250. The average Bonchev–Trinajstić information content (AvgIpc) is 2.54. The van der Waals surface area contributed by atoms with Crippen LogP contribution in [0.15, 0.2) is 47.4 Å². The SMILES string of the molecule is COc1ccccc1NC(=O)CCNS(=O)(=O)c1ccc(C)cc1C. The topological polar surface area (TPSA) is 84.5 Å².